The summed E-state index contributed by atoms with van der Waals surface area (Å²) >= 11 is 1.64. The van der Waals surface area contributed by atoms with Gasteiger partial charge >= 0.3 is 0 Å². The van der Waals surface area contributed by atoms with E-state index in [9.17, 15) is 13.0 Å². The lowest BCUT2D eigenvalue weighted by atomic mass is 9.99. The smallest absolute Gasteiger partial charge is 0.269 e. The van der Waals surface area contributed by atoms with Crippen LogP contribution in [0.1, 0.15) is 52.4 Å². The van der Waals surface area contributed by atoms with Gasteiger partial charge in [-0.3, -0.25) is 4.55 Å². The Morgan fingerprint density at radius 2 is 2.00 bits per heavy atom. The van der Waals surface area contributed by atoms with Crippen molar-refractivity contribution in [3.8, 4) is 0 Å². The number of piperidine rings is 1. The minimum absolute atomic E-state index is 0.214. The van der Waals surface area contributed by atoms with Crippen LogP contribution in [0.25, 0.3) is 0 Å². The van der Waals surface area contributed by atoms with E-state index in [2.05, 4.69) is 5.32 Å². The maximum atomic E-state index is 11.3. The number of ether oxygens (including phenoxy) is 2. The molecule has 2 aromatic rings. The van der Waals surface area contributed by atoms with Gasteiger partial charge in [0.1, 0.15) is 11.4 Å². The molecule has 2 aliphatic rings. The minimum atomic E-state index is -4.11. The number of thiazole rings is 1. The van der Waals surface area contributed by atoms with Gasteiger partial charge in [0.2, 0.25) is 6.29 Å². The Bertz CT molecular complexity index is 906. The third-order valence-corrected chi connectivity index (χ3v) is 6.65. The summed E-state index contributed by atoms with van der Waals surface area (Å²) in [5.74, 6) is 0.0511. The summed E-state index contributed by atoms with van der Waals surface area (Å²) < 4.78 is 43.6. The van der Waals surface area contributed by atoms with Crippen LogP contribution in [0.2, 0.25) is 0 Å². The third-order valence-electron chi connectivity index (χ3n) is 4.95. The first-order valence-corrected chi connectivity index (χ1v) is 11.4. The van der Waals surface area contributed by atoms with Crippen molar-refractivity contribution in [3.63, 3.8) is 0 Å². The van der Waals surface area contributed by atoms with E-state index >= 15 is 0 Å². The lowest BCUT2D eigenvalue weighted by Gasteiger charge is -2.20. The highest BCUT2D eigenvalue weighted by Crippen LogP contribution is 2.33. The van der Waals surface area contributed by atoms with Gasteiger partial charge in [0.05, 0.1) is 18.2 Å². The monoisotopic (exact) mass is 410 g/mol. The number of nitrogens with one attached hydrogen (secondary N) is 1. The van der Waals surface area contributed by atoms with Gasteiger partial charge in [-0.15, -0.1) is 11.3 Å². The molecule has 2 aliphatic heterocycles. The summed E-state index contributed by atoms with van der Waals surface area (Å²) in [6, 6.07) is 5.34. The molecule has 0 bridgehead atoms. The van der Waals surface area contributed by atoms with Crippen molar-refractivity contribution in [2.45, 2.75) is 44.0 Å². The lowest BCUT2D eigenvalue weighted by molar-refractivity contribution is -0.155. The van der Waals surface area contributed by atoms with Gasteiger partial charge in [0, 0.05) is 11.3 Å². The zero-order valence-corrected chi connectivity index (χ0v) is 16.4. The van der Waals surface area contributed by atoms with Crippen LogP contribution in [-0.4, -0.2) is 31.0 Å². The quantitative estimate of drug-likeness (QED) is 0.748. The first kappa shape index (κ1) is 19.0. The van der Waals surface area contributed by atoms with Gasteiger partial charge in [-0.25, -0.2) is 4.98 Å². The lowest BCUT2D eigenvalue weighted by Crippen LogP contribution is -2.26. The molecular weight excluding hydrogens is 388 g/mol. The second-order valence-electron chi connectivity index (χ2n) is 6.87. The number of nitrogens with zero attached hydrogens (tertiary/aromatic N) is 1. The zero-order chi connectivity index (χ0) is 18.9. The number of aromatic nitrogens is 1. The molecule has 0 radical (unpaired) electrons. The Morgan fingerprint density at radius 1 is 1.22 bits per heavy atom. The van der Waals surface area contributed by atoms with E-state index in [-0.39, 0.29) is 6.61 Å². The fourth-order valence-electron chi connectivity index (χ4n) is 3.55. The van der Waals surface area contributed by atoms with E-state index in [1.165, 1.54) is 0 Å². The van der Waals surface area contributed by atoms with E-state index in [1.54, 1.807) is 23.5 Å². The van der Waals surface area contributed by atoms with Crippen molar-refractivity contribution in [1.29, 1.82) is 0 Å². The molecule has 4 rings (SSSR count). The topological polar surface area (TPSA) is 97.8 Å². The number of fused-ring (bicyclic) bond motifs is 1. The van der Waals surface area contributed by atoms with Gasteiger partial charge in [-0.05, 0) is 42.6 Å². The van der Waals surface area contributed by atoms with Crippen LogP contribution in [0, 0.1) is 0 Å². The van der Waals surface area contributed by atoms with Crippen molar-refractivity contribution in [3.05, 3.63) is 51.0 Å². The van der Waals surface area contributed by atoms with E-state index in [0.29, 0.717) is 18.1 Å². The molecule has 1 atom stereocenters. The van der Waals surface area contributed by atoms with Crippen molar-refractivity contribution in [2.75, 3.05) is 13.1 Å². The Balaban J connectivity index is 1.50. The second kappa shape index (κ2) is 7.94. The molecule has 1 aromatic carbocycles. The first-order chi connectivity index (χ1) is 13.0. The molecule has 0 aliphatic carbocycles. The molecule has 2 N–H and O–H groups in total. The standard InChI is InChI=1S/C18H22N2O5S2/c21-27(22,23)11-14-3-1-2-13-8-24-18(25-9-15(13)14)16-10-26-17(20-16)12-4-6-19-7-5-12/h1-3,10,12,18-19H,4-9,11H2,(H,21,22,23). The second-order valence-corrected chi connectivity index (χ2v) is 9.21. The Labute approximate surface area is 162 Å². The fraction of sp³-hybridized carbons (Fsp3) is 0.500. The molecule has 0 spiro atoms. The molecule has 3 heterocycles. The van der Waals surface area contributed by atoms with Crippen molar-refractivity contribution in [2.24, 2.45) is 0 Å². The summed E-state index contributed by atoms with van der Waals surface area (Å²) in [6.07, 6.45) is 1.59. The van der Waals surface area contributed by atoms with Crippen molar-refractivity contribution >= 4 is 21.5 Å². The summed E-state index contributed by atoms with van der Waals surface area (Å²) in [4.78, 5) is 4.75. The summed E-state index contributed by atoms with van der Waals surface area (Å²) in [5.41, 5.74) is 2.92. The van der Waals surface area contributed by atoms with Gasteiger partial charge < -0.3 is 14.8 Å². The minimum Gasteiger partial charge on any atom is -0.342 e. The normalized spacial score (nSPS) is 21.6. The van der Waals surface area contributed by atoms with Crippen molar-refractivity contribution < 1.29 is 22.4 Å². The number of benzene rings is 1. The molecule has 1 aromatic heterocycles. The summed E-state index contributed by atoms with van der Waals surface area (Å²) in [6.45, 7) is 2.55. The average molecular weight is 411 g/mol. The van der Waals surface area contributed by atoms with Gasteiger partial charge in [-0.2, -0.15) is 8.42 Å². The van der Waals surface area contributed by atoms with Crippen LogP contribution >= 0.6 is 11.3 Å². The van der Waals surface area contributed by atoms with Crippen LogP contribution in [-0.2, 0) is 38.6 Å². The Hall–Kier alpha value is -1.36. The van der Waals surface area contributed by atoms with E-state index in [1.807, 2.05) is 11.4 Å². The van der Waals surface area contributed by atoms with E-state index in [0.717, 1.165) is 47.8 Å². The van der Waals surface area contributed by atoms with Gasteiger partial charge in [0.15, 0.2) is 0 Å². The zero-order valence-electron chi connectivity index (χ0n) is 14.8. The Morgan fingerprint density at radius 3 is 2.78 bits per heavy atom. The maximum absolute atomic E-state index is 11.3. The highest BCUT2D eigenvalue weighted by molar-refractivity contribution is 7.85. The predicted octanol–water partition coefficient (Wildman–Crippen LogP) is 2.74. The Kier molecular flexibility index (Phi) is 5.58. The largest absolute Gasteiger partial charge is 0.342 e. The molecule has 146 valence electrons. The molecule has 9 heteroatoms. The van der Waals surface area contributed by atoms with Crippen LogP contribution in [0.3, 0.4) is 0 Å². The molecule has 27 heavy (non-hydrogen) atoms. The highest BCUT2D eigenvalue weighted by atomic mass is 32.2. The van der Waals surface area contributed by atoms with Crippen LogP contribution in [0.4, 0.5) is 0 Å². The number of hydrogen-bond donors (Lipinski definition) is 2. The summed E-state index contributed by atoms with van der Waals surface area (Å²) in [5, 5.41) is 6.46. The average Bonchev–Trinajstić information content (AvgIpc) is 3.02. The first-order valence-electron chi connectivity index (χ1n) is 8.93. The molecule has 1 fully saturated rings. The van der Waals surface area contributed by atoms with Gasteiger partial charge in [0.25, 0.3) is 10.1 Å². The van der Waals surface area contributed by atoms with Crippen LogP contribution < -0.4 is 5.32 Å². The SMILES string of the molecule is O=S(=O)(O)Cc1cccc2c1COC(c1csc(C3CCNCC3)n1)OC2. The maximum Gasteiger partial charge on any atom is 0.269 e. The van der Waals surface area contributed by atoms with Crippen LogP contribution in [0.5, 0.6) is 0 Å². The number of hydrogen-bond acceptors (Lipinski definition) is 7. The molecule has 7 nitrogen and oxygen atoms in total. The molecule has 0 saturated carbocycles. The summed E-state index contributed by atoms with van der Waals surface area (Å²) in [7, 11) is -4.11. The van der Waals surface area contributed by atoms with Gasteiger partial charge in [-0.1, -0.05) is 18.2 Å². The van der Waals surface area contributed by atoms with E-state index in [4.69, 9.17) is 14.5 Å². The number of rotatable bonds is 4. The van der Waals surface area contributed by atoms with Crippen molar-refractivity contribution in [1.82, 2.24) is 10.3 Å². The predicted molar refractivity (Wildman–Crippen MR) is 101 cm³/mol. The van der Waals surface area contributed by atoms with Crippen LogP contribution in [0.15, 0.2) is 23.6 Å². The van der Waals surface area contributed by atoms with E-state index < -0.39 is 22.2 Å². The molecule has 1 saturated heterocycles. The molecule has 1 unspecified atom stereocenters. The molecular formula is C18H22N2O5S2. The third kappa shape index (κ3) is 4.56. The highest BCUT2D eigenvalue weighted by Gasteiger charge is 2.25. The molecule has 0 amide bonds. The fourth-order valence-corrected chi connectivity index (χ4v) is 5.20.